The van der Waals surface area contributed by atoms with Gasteiger partial charge in [-0.1, -0.05) is 11.6 Å². The van der Waals surface area contributed by atoms with Crippen molar-refractivity contribution in [3.63, 3.8) is 0 Å². The maximum Gasteiger partial charge on any atom is 0.255 e. The predicted molar refractivity (Wildman–Crippen MR) is 106 cm³/mol. The molecule has 28 heavy (non-hydrogen) atoms. The molecule has 0 bridgehead atoms. The summed E-state index contributed by atoms with van der Waals surface area (Å²) in [6, 6.07) is 4.50. The van der Waals surface area contributed by atoms with Gasteiger partial charge < -0.3 is 0 Å². The Morgan fingerprint density at radius 2 is 1.82 bits per heavy atom. The van der Waals surface area contributed by atoms with Crippen LogP contribution in [0, 0.1) is 0 Å². The lowest BCUT2D eigenvalue weighted by molar-refractivity contribution is -0.152. The van der Waals surface area contributed by atoms with E-state index in [1.165, 1.54) is 33.6 Å². The number of rotatable bonds is 5. The number of carbonyl (C=O) groups is 1. The molecular weight excluding hydrogens is 426 g/mol. The minimum Gasteiger partial charge on any atom is -0.272 e. The van der Waals surface area contributed by atoms with E-state index in [1.54, 1.807) is 19.1 Å². The highest BCUT2D eigenvalue weighted by Gasteiger charge is 2.45. The zero-order valence-electron chi connectivity index (χ0n) is 15.8. The van der Waals surface area contributed by atoms with Crippen LogP contribution in [-0.2, 0) is 24.7 Å². The SMILES string of the molecule is CN(C)N(C(=O)[C@H]1CCCN1S(=O)(=O)c1ccc(Cl)cc1)[C@H]1CCS(=O)(=O)C1. The van der Waals surface area contributed by atoms with Crippen LogP contribution in [0.5, 0.6) is 0 Å². The molecule has 1 aromatic rings. The number of halogens is 1. The number of amides is 1. The van der Waals surface area contributed by atoms with E-state index in [2.05, 4.69) is 0 Å². The summed E-state index contributed by atoms with van der Waals surface area (Å²) >= 11 is 5.85. The van der Waals surface area contributed by atoms with Gasteiger partial charge >= 0.3 is 0 Å². The minimum atomic E-state index is -3.86. The first-order valence-corrected chi connectivity index (χ1v) is 12.6. The van der Waals surface area contributed by atoms with Gasteiger partial charge in [0.05, 0.1) is 22.4 Å². The second kappa shape index (κ2) is 7.91. The summed E-state index contributed by atoms with van der Waals surface area (Å²) in [5, 5.41) is 3.39. The van der Waals surface area contributed by atoms with Crippen LogP contribution in [0.3, 0.4) is 0 Å². The van der Waals surface area contributed by atoms with E-state index in [0.717, 1.165) is 0 Å². The van der Waals surface area contributed by atoms with Crippen LogP contribution in [0.25, 0.3) is 0 Å². The standard InChI is InChI=1S/C17H24ClN3O5S2/c1-19(2)21(14-9-11-27(23,24)12-14)17(22)16-4-3-10-20(16)28(25,26)15-7-5-13(18)6-8-15/h5-8,14,16H,3-4,9-12H2,1-2H3/t14-,16+/m0/s1. The summed E-state index contributed by atoms with van der Waals surface area (Å²) < 4.78 is 51.1. The van der Waals surface area contributed by atoms with Gasteiger partial charge in [-0.15, -0.1) is 0 Å². The van der Waals surface area contributed by atoms with Gasteiger partial charge in [0.25, 0.3) is 5.91 Å². The van der Waals surface area contributed by atoms with Crippen molar-refractivity contribution in [1.29, 1.82) is 0 Å². The lowest BCUT2D eigenvalue weighted by atomic mass is 10.1. The lowest BCUT2D eigenvalue weighted by Crippen LogP contribution is -2.56. The summed E-state index contributed by atoms with van der Waals surface area (Å²) in [5.74, 6) is -0.456. The fraction of sp³-hybridized carbons (Fsp3) is 0.588. The van der Waals surface area contributed by atoms with E-state index in [4.69, 9.17) is 11.6 Å². The second-order valence-corrected chi connectivity index (χ2v) is 11.9. The van der Waals surface area contributed by atoms with Gasteiger partial charge in [-0.25, -0.2) is 21.8 Å². The summed E-state index contributed by atoms with van der Waals surface area (Å²) in [6.07, 6.45) is 1.31. The van der Waals surface area contributed by atoms with Crippen LogP contribution in [0.4, 0.5) is 0 Å². The quantitative estimate of drug-likeness (QED) is 0.622. The van der Waals surface area contributed by atoms with Gasteiger partial charge in [0.1, 0.15) is 6.04 Å². The monoisotopic (exact) mass is 449 g/mol. The Morgan fingerprint density at radius 3 is 2.36 bits per heavy atom. The molecule has 2 heterocycles. The van der Waals surface area contributed by atoms with Crippen molar-refractivity contribution in [2.24, 2.45) is 0 Å². The molecule has 0 radical (unpaired) electrons. The maximum atomic E-state index is 13.3. The highest BCUT2D eigenvalue weighted by atomic mass is 35.5. The number of hydrazine groups is 1. The average molecular weight is 450 g/mol. The Bertz CT molecular complexity index is 948. The van der Waals surface area contributed by atoms with Crippen molar-refractivity contribution in [3.8, 4) is 0 Å². The van der Waals surface area contributed by atoms with Crippen molar-refractivity contribution in [2.75, 3.05) is 32.1 Å². The number of nitrogens with zero attached hydrogens (tertiary/aromatic N) is 3. The normalized spacial score (nSPS) is 25.3. The number of benzene rings is 1. The first-order valence-electron chi connectivity index (χ1n) is 9.01. The van der Waals surface area contributed by atoms with Crippen molar-refractivity contribution >= 4 is 37.4 Å². The van der Waals surface area contributed by atoms with Gasteiger partial charge in [-0.3, -0.25) is 9.80 Å². The zero-order chi connectivity index (χ0) is 20.7. The summed E-state index contributed by atoms with van der Waals surface area (Å²) in [7, 11) is -3.72. The molecule has 11 heteroatoms. The van der Waals surface area contributed by atoms with Gasteiger partial charge in [-0.2, -0.15) is 4.31 Å². The molecule has 2 fully saturated rings. The molecule has 156 valence electrons. The minimum absolute atomic E-state index is 0.0345. The fourth-order valence-corrected chi connectivity index (χ4v) is 7.31. The predicted octanol–water partition coefficient (Wildman–Crippen LogP) is 0.985. The molecule has 0 spiro atoms. The number of hydrogen-bond acceptors (Lipinski definition) is 6. The summed E-state index contributed by atoms with van der Waals surface area (Å²) in [4.78, 5) is 13.4. The number of sulfone groups is 1. The fourth-order valence-electron chi connectivity index (χ4n) is 3.84. The molecule has 0 aromatic heterocycles. The molecule has 0 saturated carbocycles. The van der Waals surface area contributed by atoms with Crippen molar-refractivity contribution in [1.82, 2.24) is 14.3 Å². The second-order valence-electron chi connectivity index (χ2n) is 7.31. The third-order valence-electron chi connectivity index (χ3n) is 5.12. The first-order chi connectivity index (χ1) is 13.0. The van der Waals surface area contributed by atoms with E-state index in [-0.39, 0.29) is 28.9 Å². The molecule has 1 amide bonds. The number of sulfonamides is 1. The van der Waals surface area contributed by atoms with Crippen LogP contribution < -0.4 is 0 Å². The Labute approximate surface area is 171 Å². The van der Waals surface area contributed by atoms with Crippen LogP contribution in [0.1, 0.15) is 19.3 Å². The van der Waals surface area contributed by atoms with Crippen molar-refractivity contribution in [2.45, 2.75) is 36.2 Å². The molecule has 0 N–H and O–H groups in total. The molecule has 0 unspecified atom stereocenters. The van der Waals surface area contributed by atoms with Crippen LogP contribution >= 0.6 is 11.6 Å². The Morgan fingerprint density at radius 1 is 1.18 bits per heavy atom. The van der Waals surface area contributed by atoms with Gasteiger partial charge in [0.15, 0.2) is 9.84 Å². The van der Waals surface area contributed by atoms with Gasteiger partial charge in [0, 0.05) is 25.7 Å². The molecule has 1 aromatic carbocycles. The maximum absolute atomic E-state index is 13.3. The van der Waals surface area contributed by atoms with E-state index >= 15 is 0 Å². The van der Waals surface area contributed by atoms with Crippen LogP contribution in [0.2, 0.25) is 5.02 Å². The van der Waals surface area contributed by atoms with Crippen LogP contribution in [0.15, 0.2) is 29.2 Å². The topological polar surface area (TPSA) is 95.1 Å². The molecule has 2 atom stereocenters. The average Bonchev–Trinajstić information content (AvgIpc) is 3.22. The Kier molecular flexibility index (Phi) is 6.07. The Hall–Kier alpha value is -1.20. The number of carbonyl (C=O) groups excluding carboxylic acids is 1. The summed E-state index contributed by atoms with van der Waals surface area (Å²) in [6.45, 7) is 0.242. The zero-order valence-corrected chi connectivity index (χ0v) is 18.2. The van der Waals surface area contributed by atoms with E-state index in [9.17, 15) is 21.6 Å². The molecule has 3 rings (SSSR count). The third-order valence-corrected chi connectivity index (χ3v) is 9.04. The van der Waals surface area contributed by atoms with Crippen molar-refractivity contribution < 1.29 is 21.6 Å². The molecule has 0 aliphatic carbocycles. The lowest BCUT2D eigenvalue weighted by Gasteiger charge is -2.37. The highest BCUT2D eigenvalue weighted by molar-refractivity contribution is 7.91. The molecular formula is C17H24ClN3O5S2. The molecule has 2 aliphatic rings. The smallest absolute Gasteiger partial charge is 0.255 e. The molecule has 2 saturated heterocycles. The van der Waals surface area contributed by atoms with E-state index in [0.29, 0.717) is 24.3 Å². The highest BCUT2D eigenvalue weighted by Crippen LogP contribution is 2.30. The van der Waals surface area contributed by atoms with Crippen LogP contribution in [-0.4, -0.2) is 81.3 Å². The first kappa shape index (κ1) is 21.5. The van der Waals surface area contributed by atoms with E-state index < -0.39 is 31.9 Å². The summed E-state index contributed by atoms with van der Waals surface area (Å²) in [5.41, 5.74) is 0. The molecule has 2 aliphatic heterocycles. The van der Waals surface area contributed by atoms with E-state index in [1.807, 2.05) is 0 Å². The molecule has 8 nitrogen and oxygen atoms in total. The van der Waals surface area contributed by atoms with Gasteiger partial charge in [-0.05, 0) is 43.5 Å². The van der Waals surface area contributed by atoms with Gasteiger partial charge in [0.2, 0.25) is 10.0 Å². The number of hydrogen-bond donors (Lipinski definition) is 0. The van der Waals surface area contributed by atoms with Crippen molar-refractivity contribution in [3.05, 3.63) is 29.3 Å². The third kappa shape index (κ3) is 4.20. The Balaban J connectivity index is 1.88. The largest absolute Gasteiger partial charge is 0.272 e.